The van der Waals surface area contributed by atoms with Crippen molar-refractivity contribution in [2.45, 2.75) is 41.5 Å². The number of nitrogen functional groups attached to an aromatic ring is 2. The normalized spacial score (nSPS) is 9.39. The van der Waals surface area contributed by atoms with Crippen LogP contribution in [0.2, 0.25) is 0 Å². The monoisotopic (exact) mass is 487 g/mol. The molecule has 0 saturated carbocycles. The van der Waals surface area contributed by atoms with Crippen molar-refractivity contribution in [1.82, 2.24) is 0 Å². The third-order valence-corrected chi connectivity index (χ3v) is 5.01. The van der Waals surface area contributed by atoms with Gasteiger partial charge in [-0.15, -0.1) is 0 Å². The van der Waals surface area contributed by atoms with E-state index >= 15 is 0 Å². The number of hydrogen-bond acceptors (Lipinski definition) is 5. The summed E-state index contributed by atoms with van der Waals surface area (Å²) in [6, 6.07) is 21.6. The van der Waals surface area contributed by atoms with Crippen LogP contribution in [0.4, 0.5) is 17.1 Å². The molecule has 0 unspecified atom stereocenters. The Morgan fingerprint density at radius 3 is 2.06 bits per heavy atom. The summed E-state index contributed by atoms with van der Waals surface area (Å²) < 4.78 is 0. The molecule has 1 amide bonds. The summed E-state index contributed by atoms with van der Waals surface area (Å²) in [5.41, 5.74) is 15.9. The third kappa shape index (κ3) is 7.87. The second kappa shape index (κ2) is 14.8. The lowest BCUT2D eigenvalue weighted by Gasteiger charge is -2.13. The second-order valence-electron chi connectivity index (χ2n) is 7.46. The molecule has 0 aromatic heterocycles. The quantitative estimate of drug-likeness (QED) is 0.139. The third-order valence-electron chi connectivity index (χ3n) is 5.01. The standard InChI is InChI=1S/C19H18N2O2.C7H7NO.2C2H6/c1-11-7-8-16(12(2)9-11)21-19(23)15-10-13-5-3-4-6-14(13)17(20)18(15)22;8-7-3-1-6(5-9)2-4-7;2*1-2/h3-10,22H,20H2,1-2H3,(H,21,23);1-5H,8H2;2*1-2H3. The lowest BCUT2D eigenvalue weighted by atomic mass is 10.0. The van der Waals surface area contributed by atoms with Gasteiger partial charge in [0.1, 0.15) is 6.29 Å². The number of fused-ring (bicyclic) bond motifs is 1. The van der Waals surface area contributed by atoms with Gasteiger partial charge in [0, 0.05) is 22.3 Å². The molecule has 0 heterocycles. The van der Waals surface area contributed by atoms with Gasteiger partial charge in [0.05, 0.1) is 11.3 Å². The molecule has 6 nitrogen and oxygen atoms in total. The Morgan fingerprint density at radius 2 is 1.47 bits per heavy atom. The van der Waals surface area contributed by atoms with E-state index in [1.165, 1.54) is 0 Å². The van der Waals surface area contributed by atoms with Gasteiger partial charge in [-0.3, -0.25) is 9.59 Å². The number of amides is 1. The molecule has 0 spiro atoms. The fourth-order valence-corrected chi connectivity index (χ4v) is 3.26. The number of hydrogen-bond donors (Lipinski definition) is 4. The van der Waals surface area contributed by atoms with Crippen LogP contribution in [-0.4, -0.2) is 17.3 Å². The van der Waals surface area contributed by atoms with Crippen molar-refractivity contribution in [3.05, 3.63) is 95.1 Å². The first-order chi connectivity index (χ1) is 17.3. The van der Waals surface area contributed by atoms with Crippen molar-refractivity contribution < 1.29 is 14.7 Å². The largest absolute Gasteiger partial charge is 0.505 e. The van der Waals surface area contributed by atoms with Crippen LogP contribution < -0.4 is 16.8 Å². The minimum absolute atomic E-state index is 0.168. The van der Waals surface area contributed by atoms with Gasteiger partial charge >= 0.3 is 0 Å². The van der Waals surface area contributed by atoms with Crippen LogP contribution in [0.3, 0.4) is 0 Å². The maximum absolute atomic E-state index is 12.5. The molecule has 4 aromatic rings. The van der Waals surface area contributed by atoms with E-state index in [2.05, 4.69) is 5.32 Å². The Labute approximate surface area is 214 Å². The number of rotatable bonds is 3. The molecule has 6 heteroatoms. The number of aldehydes is 1. The molecule has 4 aromatic carbocycles. The Kier molecular flexibility index (Phi) is 12.2. The van der Waals surface area contributed by atoms with Crippen molar-refractivity contribution in [1.29, 1.82) is 0 Å². The molecular formula is C30H37N3O3. The smallest absolute Gasteiger partial charge is 0.259 e. The Morgan fingerprint density at radius 1 is 0.861 bits per heavy atom. The van der Waals surface area contributed by atoms with Crippen LogP contribution in [0.5, 0.6) is 5.75 Å². The first kappa shape index (κ1) is 29.7. The molecule has 36 heavy (non-hydrogen) atoms. The van der Waals surface area contributed by atoms with Crippen LogP contribution in [0.1, 0.15) is 59.5 Å². The van der Waals surface area contributed by atoms with Crippen molar-refractivity contribution in [3.63, 3.8) is 0 Å². The maximum Gasteiger partial charge on any atom is 0.259 e. The van der Waals surface area contributed by atoms with E-state index in [9.17, 15) is 14.7 Å². The fraction of sp³-hybridized carbons (Fsp3) is 0.200. The van der Waals surface area contributed by atoms with Crippen LogP contribution in [0.15, 0.2) is 72.8 Å². The molecule has 0 aliphatic heterocycles. The Bertz CT molecular complexity index is 1280. The summed E-state index contributed by atoms with van der Waals surface area (Å²) >= 11 is 0. The zero-order valence-electron chi connectivity index (χ0n) is 21.9. The van der Waals surface area contributed by atoms with Gasteiger partial charge in [0.25, 0.3) is 5.91 Å². The highest BCUT2D eigenvalue weighted by molar-refractivity contribution is 6.12. The molecule has 0 aliphatic rings. The summed E-state index contributed by atoms with van der Waals surface area (Å²) in [5, 5.41) is 14.6. The molecular weight excluding hydrogens is 450 g/mol. The molecule has 0 radical (unpaired) electrons. The Balaban J connectivity index is 0.000000417. The highest BCUT2D eigenvalue weighted by Crippen LogP contribution is 2.34. The Hall–Kier alpha value is -4.32. The van der Waals surface area contributed by atoms with Gasteiger partial charge in [-0.05, 0) is 61.2 Å². The average Bonchev–Trinajstić information content (AvgIpc) is 2.91. The number of aryl methyl sites for hydroxylation is 2. The molecule has 4 rings (SSSR count). The van der Waals surface area contributed by atoms with Crippen LogP contribution >= 0.6 is 0 Å². The number of carbonyl (C=O) groups excluding carboxylic acids is 2. The zero-order chi connectivity index (χ0) is 27.3. The fourth-order valence-electron chi connectivity index (χ4n) is 3.26. The van der Waals surface area contributed by atoms with Crippen molar-refractivity contribution in [2.75, 3.05) is 16.8 Å². The SMILES string of the molecule is CC.CC.Cc1ccc(NC(=O)c2cc3ccccc3c(N)c2O)c(C)c1.Nc1ccc(C=O)cc1. The number of nitrogens with two attached hydrogens (primary N) is 2. The highest BCUT2D eigenvalue weighted by atomic mass is 16.3. The van der Waals surface area contributed by atoms with Crippen LogP contribution in [-0.2, 0) is 0 Å². The van der Waals surface area contributed by atoms with Gasteiger partial charge < -0.3 is 21.9 Å². The number of benzene rings is 4. The summed E-state index contributed by atoms with van der Waals surface area (Å²) in [6.07, 6.45) is 0.791. The molecule has 190 valence electrons. The summed E-state index contributed by atoms with van der Waals surface area (Å²) in [6.45, 7) is 11.9. The highest BCUT2D eigenvalue weighted by Gasteiger charge is 2.17. The van der Waals surface area contributed by atoms with E-state index in [0.29, 0.717) is 16.9 Å². The minimum Gasteiger partial charge on any atom is -0.505 e. The van der Waals surface area contributed by atoms with Crippen molar-refractivity contribution in [2.24, 2.45) is 0 Å². The van der Waals surface area contributed by atoms with E-state index < -0.39 is 0 Å². The average molecular weight is 488 g/mol. The number of nitrogens with one attached hydrogen (secondary N) is 1. The van der Waals surface area contributed by atoms with Crippen LogP contribution in [0, 0.1) is 13.8 Å². The summed E-state index contributed by atoms with van der Waals surface area (Å²) in [7, 11) is 0. The van der Waals surface area contributed by atoms with E-state index in [-0.39, 0.29) is 22.9 Å². The molecule has 0 aliphatic carbocycles. The van der Waals surface area contributed by atoms with Crippen LogP contribution in [0.25, 0.3) is 10.8 Å². The lowest BCUT2D eigenvalue weighted by Crippen LogP contribution is -2.13. The number of phenols is 1. The number of carbonyl (C=O) groups is 2. The first-order valence-corrected chi connectivity index (χ1v) is 12.0. The molecule has 0 fully saturated rings. The van der Waals surface area contributed by atoms with E-state index in [1.54, 1.807) is 30.3 Å². The summed E-state index contributed by atoms with van der Waals surface area (Å²) in [4.78, 5) is 22.6. The summed E-state index contributed by atoms with van der Waals surface area (Å²) in [5.74, 6) is -0.571. The van der Waals surface area contributed by atoms with Crippen molar-refractivity contribution in [3.8, 4) is 5.75 Å². The van der Waals surface area contributed by atoms with Gasteiger partial charge in [-0.2, -0.15) is 0 Å². The van der Waals surface area contributed by atoms with E-state index in [1.807, 2.05) is 84.0 Å². The van der Waals surface area contributed by atoms with Crippen molar-refractivity contribution >= 4 is 40.0 Å². The zero-order valence-corrected chi connectivity index (χ0v) is 21.9. The minimum atomic E-state index is -0.382. The maximum atomic E-state index is 12.5. The van der Waals surface area contributed by atoms with E-state index in [0.717, 1.165) is 28.2 Å². The number of anilines is 3. The molecule has 6 N–H and O–H groups in total. The molecule has 0 saturated heterocycles. The topological polar surface area (TPSA) is 118 Å². The van der Waals surface area contributed by atoms with Gasteiger partial charge in [0.2, 0.25) is 0 Å². The molecule has 0 atom stereocenters. The lowest BCUT2D eigenvalue weighted by molar-refractivity contribution is 0.102. The second-order valence-corrected chi connectivity index (χ2v) is 7.46. The predicted molar refractivity (Wildman–Crippen MR) is 153 cm³/mol. The number of aromatic hydroxyl groups is 1. The van der Waals surface area contributed by atoms with E-state index in [4.69, 9.17) is 11.5 Å². The number of phenolic OH excluding ortho intramolecular Hbond substituents is 1. The first-order valence-electron chi connectivity index (χ1n) is 12.0. The molecule has 0 bridgehead atoms. The van der Waals surface area contributed by atoms with Gasteiger partial charge in [-0.25, -0.2) is 0 Å². The van der Waals surface area contributed by atoms with Gasteiger partial charge in [0.15, 0.2) is 5.75 Å². The predicted octanol–water partition coefficient (Wildman–Crippen LogP) is 7.13. The van der Waals surface area contributed by atoms with Gasteiger partial charge in [-0.1, -0.05) is 69.7 Å².